The highest BCUT2D eigenvalue weighted by Gasteiger charge is 2.28. The van der Waals surface area contributed by atoms with Gasteiger partial charge in [-0.1, -0.05) is 25.0 Å². The van der Waals surface area contributed by atoms with Crippen molar-refractivity contribution in [3.05, 3.63) is 22.6 Å². The van der Waals surface area contributed by atoms with E-state index in [0.29, 0.717) is 6.42 Å². The van der Waals surface area contributed by atoms with E-state index in [0.717, 1.165) is 6.42 Å². The van der Waals surface area contributed by atoms with Crippen LogP contribution in [0.2, 0.25) is 0 Å². The van der Waals surface area contributed by atoms with E-state index >= 15 is 0 Å². The summed E-state index contributed by atoms with van der Waals surface area (Å²) in [7, 11) is 0. The molecular formula is C9H13N3O. The van der Waals surface area contributed by atoms with Gasteiger partial charge in [-0.15, -0.1) is 0 Å². The third-order valence-corrected chi connectivity index (χ3v) is 2.43. The molecule has 1 atom stereocenters. The standard InChI is InChI=1S/C9H13N3O/c1-9(2,11-12-10)7-3-5-8(13)6-4-7/h3,5,7H,4,6H2,1-2H3. The molecule has 0 aromatic rings. The summed E-state index contributed by atoms with van der Waals surface area (Å²) < 4.78 is 0. The third kappa shape index (κ3) is 2.33. The van der Waals surface area contributed by atoms with Crippen molar-refractivity contribution in [2.75, 3.05) is 0 Å². The Hall–Kier alpha value is -1.28. The van der Waals surface area contributed by atoms with Gasteiger partial charge in [-0.05, 0) is 23.9 Å². The second-order valence-electron chi connectivity index (χ2n) is 3.81. The van der Waals surface area contributed by atoms with Crippen LogP contribution in [0.25, 0.3) is 10.4 Å². The second kappa shape index (κ2) is 3.62. The number of carbonyl (C=O) groups excluding carboxylic acids is 1. The van der Waals surface area contributed by atoms with Crippen LogP contribution in [0.15, 0.2) is 17.3 Å². The van der Waals surface area contributed by atoms with Crippen molar-refractivity contribution >= 4 is 5.78 Å². The van der Waals surface area contributed by atoms with Gasteiger partial charge in [0.25, 0.3) is 0 Å². The number of hydrogen-bond acceptors (Lipinski definition) is 2. The van der Waals surface area contributed by atoms with E-state index in [1.165, 1.54) is 0 Å². The lowest BCUT2D eigenvalue weighted by Crippen LogP contribution is -2.29. The average Bonchev–Trinajstić information content (AvgIpc) is 2.05. The molecule has 0 aromatic heterocycles. The zero-order chi connectivity index (χ0) is 9.90. The summed E-state index contributed by atoms with van der Waals surface area (Å²) in [5, 5.41) is 3.72. The largest absolute Gasteiger partial charge is 0.295 e. The van der Waals surface area contributed by atoms with E-state index in [-0.39, 0.29) is 11.7 Å². The number of ketones is 1. The lowest BCUT2D eigenvalue weighted by molar-refractivity contribution is -0.115. The quantitative estimate of drug-likeness (QED) is 0.365. The lowest BCUT2D eigenvalue weighted by atomic mass is 9.81. The van der Waals surface area contributed by atoms with Crippen LogP contribution in [0.3, 0.4) is 0 Å². The van der Waals surface area contributed by atoms with Crippen LogP contribution in [-0.4, -0.2) is 11.3 Å². The molecule has 1 aliphatic rings. The highest BCUT2D eigenvalue weighted by Crippen LogP contribution is 2.29. The third-order valence-electron chi connectivity index (χ3n) is 2.43. The molecule has 1 aliphatic carbocycles. The summed E-state index contributed by atoms with van der Waals surface area (Å²) in [4.78, 5) is 13.7. The van der Waals surface area contributed by atoms with Gasteiger partial charge in [0.1, 0.15) is 0 Å². The predicted molar refractivity (Wildman–Crippen MR) is 50.1 cm³/mol. The molecule has 0 amide bonds. The van der Waals surface area contributed by atoms with E-state index < -0.39 is 5.54 Å². The molecule has 70 valence electrons. The molecule has 13 heavy (non-hydrogen) atoms. The molecule has 0 saturated heterocycles. The average molecular weight is 179 g/mol. The fourth-order valence-electron chi connectivity index (χ4n) is 1.48. The van der Waals surface area contributed by atoms with E-state index in [2.05, 4.69) is 10.0 Å². The number of carbonyl (C=O) groups is 1. The molecule has 4 nitrogen and oxygen atoms in total. The second-order valence-corrected chi connectivity index (χ2v) is 3.81. The fraction of sp³-hybridized carbons (Fsp3) is 0.667. The molecule has 1 rings (SSSR count). The highest BCUT2D eigenvalue weighted by atomic mass is 16.1. The first-order valence-electron chi connectivity index (χ1n) is 4.33. The summed E-state index contributed by atoms with van der Waals surface area (Å²) in [5.41, 5.74) is 7.93. The molecule has 4 heteroatoms. The first-order valence-corrected chi connectivity index (χ1v) is 4.33. The molecule has 0 radical (unpaired) electrons. The number of nitrogens with zero attached hydrogens (tertiary/aromatic N) is 3. The summed E-state index contributed by atoms with van der Waals surface area (Å²) >= 11 is 0. The Labute approximate surface area is 77.3 Å². The maximum Gasteiger partial charge on any atom is 0.155 e. The van der Waals surface area contributed by atoms with Crippen molar-refractivity contribution in [1.29, 1.82) is 0 Å². The molecule has 0 aromatic carbocycles. The molecule has 0 fully saturated rings. The summed E-state index contributed by atoms with van der Waals surface area (Å²) in [5.74, 6) is 0.342. The van der Waals surface area contributed by atoms with E-state index in [4.69, 9.17) is 5.53 Å². The molecule has 1 unspecified atom stereocenters. The topological polar surface area (TPSA) is 65.8 Å². The summed E-state index contributed by atoms with van der Waals surface area (Å²) in [6, 6.07) is 0. The monoisotopic (exact) mass is 179 g/mol. The summed E-state index contributed by atoms with van der Waals surface area (Å²) in [6.07, 6.45) is 4.77. The number of rotatable bonds is 2. The fourth-order valence-corrected chi connectivity index (χ4v) is 1.48. The van der Waals surface area contributed by atoms with Crippen LogP contribution >= 0.6 is 0 Å². The maximum atomic E-state index is 10.9. The van der Waals surface area contributed by atoms with E-state index in [1.807, 2.05) is 19.9 Å². The molecule has 0 N–H and O–H groups in total. The normalized spacial score (nSPS) is 22.6. The molecule has 0 heterocycles. The molecular weight excluding hydrogens is 166 g/mol. The van der Waals surface area contributed by atoms with Gasteiger partial charge in [-0.2, -0.15) is 0 Å². The van der Waals surface area contributed by atoms with Crippen molar-refractivity contribution in [3.63, 3.8) is 0 Å². The maximum absolute atomic E-state index is 10.9. The van der Waals surface area contributed by atoms with Gasteiger partial charge < -0.3 is 0 Å². The molecule has 0 spiro atoms. The van der Waals surface area contributed by atoms with Gasteiger partial charge in [0, 0.05) is 16.9 Å². The zero-order valence-electron chi connectivity index (χ0n) is 7.90. The number of azide groups is 1. The minimum atomic E-state index is -0.425. The van der Waals surface area contributed by atoms with Crippen LogP contribution in [0, 0.1) is 5.92 Å². The van der Waals surface area contributed by atoms with Gasteiger partial charge in [-0.3, -0.25) is 4.79 Å². The van der Waals surface area contributed by atoms with Crippen molar-refractivity contribution in [1.82, 2.24) is 0 Å². The zero-order valence-corrected chi connectivity index (χ0v) is 7.90. The molecule has 0 saturated carbocycles. The van der Waals surface area contributed by atoms with Gasteiger partial charge >= 0.3 is 0 Å². The SMILES string of the molecule is CC(C)(N=[N+]=[N-])C1C=CC(=O)CC1. The van der Waals surface area contributed by atoms with Gasteiger partial charge in [0.2, 0.25) is 0 Å². The Balaban J connectivity index is 2.78. The Kier molecular flexibility index (Phi) is 2.73. The van der Waals surface area contributed by atoms with E-state index in [1.54, 1.807) is 6.08 Å². The van der Waals surface area contributed by atoms with Crippen LogP contribution in [0.5, 0.6) is 0 Å². The first kappa shape index (κ1) is 9.81. The Morgan fingerprint density at radius 1 is 1.69 bits per heavy atom. The Bertz CT molecular complexity index is 287. The molecule has 0 aliphatic heterocycles. The van der Waals surface area contributed by atoms with E-state index in [9.17, 15) is 4.79 Å². The lowest BCUT2D eigenvalue weighted by Gasteiger charge is -2.28. The van der Waals surface area contributed by atoms with Gasteiger partial charge in [0.05, 0.1) is 0 Å². The van der Waals surface area contributed by atoms with Crippen molar-refractivity contribution in [2.45, 2.75) is 32.2 Å². The predicted octanol–water partition coefficient (Wildman–Crippen LogP) is 2.61. The highest BCUT2D eigenvalue weighted by molar-refractivity contribution is 5.90. The van der Waals surface area contributed by atoms with Crippen LogP contribution in [-0.2, 0) is 4.79 Å². The molecule has 0 bridgehead atoms. The van der Waals surface area contributed by atoms with Crippen molar-refractivity contribution < 1.29 is 4.79 Å². The van der Waals surface area contributed by atoms with Crippen LogP contribution < -0.4 is 0 Å². The minimum Gasteiger partial charge on any atom is -0.295 e. The van der Waals surface area contributed by atoms with Crippen molar-refractivity contribution in [2.24, 2.45) is 11.0 Å². The van der Waals surface area contributed by atoms with Crippen LogP contribution in [0.1, 0.15) is 26.7 Å². The summed E-state index contributed by atoms with van der Waals surface area (Å²) in [6.45, 7) is 3.77. The minimum absolute atomic E-state index is 0.160. The Morgan fingerprint density at radius 3 is 2.85 bits per heavy atom. The van der Waals surface area contributed by atoms with Crippen molar-refractivity contribution in [3.8, 4) is 0 Å². The van der Waals surface area contributed by atoms with Gasteiger partial charge in [0.15, 0.2) is 5.78 Å². The van der Waals surface area contributed by atoms with Crippen LogP contribution in [0.4, 0.5) is 0 Å². The first-order chi connectivity index (χ1) is 6.06. The Morgan fingerprint density at radius 2 is 2.38 bits per heavy atom. The number of allylic oxidation sites excluding steroid dienone is 1. The smallest absolute Gasteiger partial charge is 0.155 e. The van der Waals surface area contributed by atoms with Gasteiger partial charge in [-0.25, -0.2) is 0 Å². The number of hydrogen-bond donors (Lipinski definition) is 0.